The summed E-state index contributed by atoms with van der Waals surface area (Å²) in [6.07, 6.45) is 8.74. The van der Waals surface area contributed by atoms with Crippen LogP contribution < -0.4 is 25.4 Å². The Labute approximate surface area is 316 Å². The van der Waals surface area contributed by atoms with Crippen molar-refractivity contribution in [3.63, 3.8) is 0 Å². The fourth-order valence-corrected chi connectivity index (χ4v) is 12.5. The van der Waals surface area contributed by atoms with E-state index in [1.165, 1.54) is 0 Å². The van der Waals surface area contributed by atoms with Gasteiger partial charge in [0.15, 0.2) is 7.14 Å². The first kappa shape index (κ1) is 32.5. The van der Waals surface area contributed by atoms with Gasteiger partial charge in [-0.3, -0.25) is 0 Å². The van der Waals surface area contributed by atoms with E-state index in [-0.39, 0.29) is 0 Å². The highest BCUT2D eigenvalue weighted by Gasteiger charge is 2.49. The van der Waals surface area contributed by atoms with Crippen molar-refractivity contribution in [1.82, 2.24) is 0 Å². The Morgan fingerprint density at radius 1 is 0.463 bits per heavy atom. The maximum atomic E-state index is 17.0. The minimum atomic E-state index is -3.49. The van der Waals surface area contributed by atoms with Crippen molar-refractivity contribution in [3.05, 3.63) is 184 Å². The zero-order valence-corrected chi connectivity index (χ0v) is 31.1. The molecule has 0 fully saturated rings. The molecule has 54 heavy (non-hydrogen) atoms. The summed E-state index contributed by atoms with van der Waals surface area (Å²) in [5.41, 5.74) is 15.0. The summed E-state index contributed by atoms with van der Waals surface area (Å²) in [6.45, 7) is 5.17. The van der Waals surface area contributed by atoms with Gasteiger partial charge in [-0.2, -0.15) is 0 Å². The first-order valence-electron chi connectivity index (χ1n) is 18.5. The maximum Gasteiger partial charge on any atom is 0.172 e. The van der Waals surface area contributed by atoms with E-state index < -0.39 is 7.14 Å². The molecular weight excluding hydrogens is 680 g/mol. The SMILES string of the molecule is Cc1c(/C=C/c2ccccc2)c2c(c3c1P(=O)(c1ccccc1)c1c(C)c(/C=C/c4ccccc4)c4c(c1-3)-c1ccccc1OC4)-c1ccccc1OC2. The van der Waals surface area contributed by atoms with Gasteiger partial charge in [-0.25, -0.2) is 0 Å². The molecule has 0 aromatic heterocycles. The van der Waals surface area contributed by atoms with Crippen LogP contribution in [0.5, 0.6) is 11.5 Å². The Morgan fingerprint density at radius 3 is 1.30 bits per heavy atom. The molecule has 3 heterocycles. The molecule has 0 saturated heterocycles. The average molecular weight is 717 g/mol. The minimum absolute atomic E-state index is 0.415. The number of rotatable bonds is 5. The lowest BCUT2D eigenvalue weighted by atomic mass is 9.79. The van der Waals surface area contributed by atoms with E-state index in [9.17, 15) is 0 Å². The van der Waals surface area contributed by atoms with Crippen LogP contribution in [0.15, 0.2) is 140 Å². The quantitative estimate of drug-likeness (QED) is 0.131. The van der Waals surface area contributed by atoms with Crippen molar-refractivity contribution >= 4 is 47.4 Å². The molecule has 3 aliphatic rings. The Kier molecular flexibility index (Phi) is 7.68. The van der Waals surface area contributed by atoms with E-state index in [1.54, 1.807) is 0 Å². The molecule has 3 nitrogen and oxygen atoms in total. The maximum absolute atomic E-state index is 17.0. The lowest BCUT2D eigenvalue weighted by molar-refractivity contribution is 0.302. The van der Waals surface area contributed by atoms with Gasteiger partial charge >= 0.3 is 0 Å². The molecule has 0 saturated carbocycles. The molecule has 260 valence electrons. The van der Waals surface area contributed by atoms with E-state index in [4.69, 9.17) is 9.47 Å². The van der Waals surface area contributed by atoms with Crippen molar-refractivity contribution in [2.75, 3.05) is 0 Å². The van der Waals surface area contributed by atoms with Crippen molar-refractivity contribution < 1.29 is 14.0 Å². The van der Waals surface area contributed by atoms with Crippen molar-refractivity contribution in [2.24, 2.45) is 0 Å². The minimum Gasteiger partial charge on any atom is -0.488 e. The Morgan fingerprint density at radius 2 is 0.852 bits per heavy atom. The van der Waals surface area contributed by atoms with Gasteiger partial charge in [0, 0.05) is 60.4 Å². The molecule has 7 aromatic rings. The molecule has 0 radical (unpaired) electrons. The van der Waals surface area contributed by atoms with Gasteiger partial charge in [0.25, 0.3) is 0 Å². The van der Waals surface area contributed by atoms with Crippen LogP contribution in [0.3, 0.4) is 0 Å². The third-order valence-corrected chi connectivity index (χ3v) is 14.7. The van der Waals surface area contributed by atoms with Gasteiger partial charge < -0.3 is 14.0 Å². The fourth-order valence-electron chi connectivity index (χ4n) is 8.90. The molecule has 0 N–H and O–H groups in total. The molecule has 3 aliphatic heterocycles. The van der Waals surface area contributed by atoms with Crippen LogP contribution in [0.25, 0.3) is 57.7 Å². The molecule has 4 heteroatoms. The second-order valence-corrected chi connectivity index (χ2v) is 16.9. The van der Waals surface area contributed by atoms with Gasteiger partial charge in [-0.1, -0.05) is 152 Å². The Balaban J connectivity index is 1.39. The average Bonchev–Trinajstić information content (AvgIpc) is 3.51. The molecule has 0 spiro atoms. The summed E-state index contributed by atoms with van der Waals surface area (Å²) >= 11 is 0. The fraction of sp³-hybridized carbons (Fsp3) is 0.0800. The largest absolute Gasteiger partial charge is 0.488 e. The van der Waals surface area contributed by atoms with Gasteiger partial charge in [0.1, 0.15) is 24.7 Å². The standard InChI is InChI=1S/C50H37O3P/c1-32-37(28-26-34-16-6-3-7-17-34)41-30-52-43-24-14-12-22-39(43)45(41)47-48-46-40-23-13-15-25-44(40)53-31-42(46)38(29-27-35-18-8-4-9-19-35)33(2)50(48)54(51,49(32)47)36-20-10-5-11-21-36/h3-29H,30-31H2,1-2H3/b28-26+,29-27+. The van der Waals surface area contributed by atoms with Gasteiger partial charge in [0.05, 0.1) is 0 Å². The number of fused-ring (bicyclic) bond motifs is 11. The van der Waals surface area contributed by atoms with E-state index in [2.05, 4.69) is 135 Å². The molecule has 0 bridgehead atoms. The smallest absolute Gasteiger partial charge is 0.172 e. The third-order valence-electron chi connectivity index (χ3n) is 11.3. The molecular formula is C50H37O3P. The van der Waals surface area contributed by atoms with Crippen LogP contribution >= 0.6 is 7.14 Å². The first-order chi connectivity index (χ1) is 26.5. The summed E-state index contributed by atoms with van der Waals surface area (Å²) in [5.74, 6) is 1.68. The highest BCUT2D eigenvalue weighted by Crippen LogP contribution is 2.62. The molecule has 0 unspecified atom stereocenters. The summed E-state index contributed by atoms with van der Waals surface area (Å²) in [7, 11) is -3.49. The van der Waals surface area contributed by atoms with Crippen LogP contribution in [0, 0.1) is 13.8 Å². The summed E-state index contributed by atoms with van der Waals surface area (Å²) in [6, 6.07) is 47.6. The Hall–Kier alpha value is -6.15. The summed E-state index contributed by atoms with van der Waals surface area (Å²) in [5, 5.41) is 2.68. The van der Waals surface area contributed by atoms with E-state index in [0.29, 0.717) is 13.2 Å². The second kappa shape index (κ2) is 12.8. The van der Waals surface area contributed by atoms with Crippen molar-refractivity contribution in [3.8, 4) is 44.9 Å². The second-order valence-electron chi connectivity index (χ2n) is 14.2. The van der Waals surface area contributed by atoms with Crippen LogP contribution in [0.1, 0.15) is 44.5 Å². The predicted octanol–water partition coefficient (Wildman–Crippen LogP) is 11.4. The monoisotopic (exact) mass is 716 g/mol. The zero-order chi connectivity index (χ0) is 36.4. The number of benzene rings is 7. The normalized spacial score (nSPS) is 14.3. The number of hydrogen-bond donors (Lipinski definition) is 0. The molecule has 0 amide bonds. The summed E-state index contributed by atoms with van der Waals surface area (Å²) < 4.78 is 30.1. The molecule has 10 rings (SSSR count). The molecule has 7 aromatic carbocycles. The lowest BCUT2D eigenvalue weighted by Gasteiger charge is -2.29. The lowest BCUT2D eigenvalue weighted by Crippen LogP contribution is -2.26. The number of para-hydroxylation sites is 2. The van der Waals surface area contributed by atoms with Gasteiger partial charge in [-0.05, 0) is 59.4 Å². The number of ether oxygens (including phenoxy) is 2. The van der Waals surface area contributed by atoms with Crippen LogP contribution in [-0.2, 0) is 17.8 Å². The van der Waals surface area contributed by atoms with Crippen LogP contribution in [-0.4, -0.2) is 0 Å². The van der Waals surface area contributed by atoms with Crippen molar-refractivity contribution in [2.45, 2.75) is 27.1 Å². The molecule has 0 atom stereocenters. The third kappa shape index (κ3) is 4.85. The molecule has 0 aliphatic carbocycles. The Bertz CT molecular complexity index is 2580. The van der Waals surface area contributed by atoms with Crippen LogP contribution in [0.2, 0.25) is 0 Å². The predicted molar refractivity (Wildman–Crippen MR) is 225 cm³/mol. The van der Waals surface area contributed by atoms with E-state index >= 15 is 4.57 Å². The van der Waals surface area contributed by atoms with E-state index in [1.807, 2.05) is 42.5 Å². The summed E-state index contributed by atoms with van der Waals surface area (Å²) in [4.78, 5) is 0. The van der Waals surface area contributed by atoms with Crippen LogP contribution in [0.4, 0.5) is 0 Å². The van der Waals surface area contributed by atoms with Gasteiger partial charge in [0.2, 0.25) is 0 Å². The van der Waals surface area contributed by atoms with E-state index in [0.717, 1.165) is 105 Å². The highest BCUT2D eigenvalue weighted by atomic mass is 31.2. The number of hydrogen-bond acceptors (Lipinski definition) is 3. The topological polar surface area (TPSA) is 35.5 Å². The first-order valence-corrected chi connectivity index (χ1v) is 20.2. The highest BCUT2D eigenvalue weighted by molar-refractivity contribution is 7.86. The van der Waals surface area contributed by atoms with Crippen molar-refractivity contribution in [1.29, 1.82) is 0 Å². The van der Waals surface area contributed by atoms with Gasteiger partial charge in [-0.15, -0.1) is 0 Å². The zero-order valence-electron chi connectivity index (χ0n) is 30.2.